The van der Waals surface area contributed by atoms with E-state index in [1.807, 2.05) is 24.3 Å². The summed E-state index contributed by atoms with van der Waals surface area (Å²) in [6, 6.07) is 24.7. The predicted molar refractivity (Wildman–Crippen MR) is 115 cm³/mol. The zero-order chi connectivity index (χ0) is 20.9. The molecular formula is C23H21N5O2. The van der Waals surface area contributed by atoms with E-state index in [9.17, 15) is 0 Å². The van der Waals surface area contributed by atoms with E-state index in [1.54, 1.807) is 0 Å². The lowest BCUT2D eigenvalue weighted by Crippen LogP contribution is -2.09. The van der Waals surface area contributed by atoms with E-state index < -0.39 is 0 Å². The van der Waals surface area contributed by atoms with Gasteiger partial charge in [-0.2, -0.15) is 0 Å². The summed E-state index contributed by atoms with van der Waals surface area (Å²) < 4.78 is 10.5. The molecule has 0 aliphatic heterocycles. The molecule has 0 bridgehead atoms. The lowest BCUT2D eigenvalue weighted by Gasteiger charge is -2.25. The summed E-state index contributed by atoms with van der Waals surface area (Å²) in [5.74, 6) is 0.584. The first-order valence-corrected chi connectivity index (χ1v) is 9.45. The molecule has 0 saturated carbocycles. The van der Waals surface area contributed by atoms with Gasteiger partial charge in [-0.15, -0.1) is 0 Å². The first-order chi connectivity index (χ1) is 14.6. The van der Waals surface area contributed by atoms with E-state index in [2.05, 4.69) is 87.7 Å². The maximum absolute atomic E-state index is 5.63. The number of hydrogen-bond acceptors (Lipinski definition) is 7. The van der Waals surface area contributed by atoms with Gasteiger partial charge in [0, 0.05) is 17.1 Å². The van der Waals surface area contributed by atoms with Crippen molar-refractivity contribution in [3.8, 4) is 17.8 Å². The van der Waals surface area contributed by atoms with Gasteiger partial charge in [0.2, 0.25) is 0 Å². The van der Waals surface area contributed by atoms with E-state index in [0.29, 0.717) is 5.75 Å². The molecule has 4 rings (SSSR count). The Morgan fingerprint density at radius 2 is 0.967 bits per heavy atom. The van der Waals surface area contributed by atoms with Crippen molar-refractivity contribution in [2.24, 2.45) is 0 Å². The topological polar surface area (TPSA) is 73.3 Å². The van der Waals surface area contributed by atoms with Crippen LogP contribution in [-0.4, -0.2) is 27.5 Å². The summed E-state index contributed by atoms with van der Waals surface area (Å²) in [4.78, 5) is 2.19. The third-order valence-corrected chi connectivity index (χ3v) is 4.51. The van der Waals surface area contributed by atoms with E-state index >= 15 is 0 Å². The number of nitrogens with zero attached hydrogens (tertiary/aromatic N) is 5. The fourth-order valence-corrected chi connectivity index (χ4v) is 2.94. The molecule has 7 heteroatoms. The maximum atomic E-state index is 5.63. The third-order valence-electron chi connectivity index (χ3n) is 4.51. The maximum Gasteiger partial charge on any atom is 0.360 e. The van der Waals surface area contributed by atoms with Gasteiger partial charge in [0.05, 0.1) is 7.11 Å². The van der Waals surface area contributed by atoms with Gasteiger partial charge in [-0.3, -0.25) is 0 Å². The summed E-state index contributed by atoms with van der Waals surface area (Å²) in [5.41, 5.74) is 5.58. The molecule has 0 atom stereocenters. The normalized spacial score (nSPS) is 10.5. The Bertz CT molecular complexity index is 1050. The molecule has 0 fully saturated rings. The van der Waals surface area contributed by atoms with Crippen LogP contribution in [0.2, 0.25) is 0 Å². The van der Waals surface area contributed by atoms with Crippen LogP contribution in [0.3, 0.4) is 0 Å². The molecule has 7 nitrogen and oxygen atoms in total. The van der Waals surface area contributed by atoms with Crippen LogP contribution in [0, 0.1) is 13.8 Å². The lowest BCUT2D eigenvalue weighted by atomic mass is 10.1. The Morgan fingerprint density at radius 1 is 0.567 bits per heavy atom. The van der Waals surface area contributed by atoms with Crippen LogP contribution in [0.15, 0.2) is 72.8 Å². The molecule has 1 aromatic heterocycles. The van der Waals surface area contributed by atoms with E-state index in [-0.39, 0.29) is 12.0 Å². The fourth-order valence-electron chi connectivity index (χ4n) is 2.94. The largest absolute Gasteiger partial charge is 0.465 e. The van der Waals surface area contributed by atoms with Crippen molar-refractivity contribution in [2.75, 3.05) is 12.0 Å². The van der Waals surface area contributed by atoms with Crippen molar-refractivity contribution < 1.29 is 9.47 Å². The summed E-state index contributed by atoms with van der Waals surface area (Å²) in [5, 5.41) is 15.2. The molecule has 0 aliphatic rings. The van der Waals surface area contributed by atoms with E-state index in [4.69, 9.17) is 9.47 Å². The van der Waals surface area contributed by atoms with E-state index in [0.717, 1.165) is 17.1 Å². The second-order valence-corrected chi connectivity index (χ2v) is 6.77. The first-order valence-electron chi connectivity index (χ1n) is 9.45. The fraction of sp³-hybridized carbons (Fsp3) is 0.130. The van der Waals surface area contributed by atoms with Crippen molar-refractivity contribution in [2.45, 2.75) is 13.8 Å². The average Bonchev–Trinajstić information content (AvgIpc) is 2.78. The van der Waals surface area contributed by atoms with Crippen LogP contribution in [0.4, 0.5) is 17.1 Å². The predicted octanol–water partition coefficient (Wildman–Crippen LogP) is 5.15. The number of aryl methyl sites for hydroxylation is 2. The molecule has 3 aromatic carbocycles. The van der Waals surface area contributed by atoms with Gasteiger partial charge in [-0.1, -0.05) is 55.8 Å². The smallest absolute Gasteiger partial charge is 0.360 e. The van der Waals surface area contributed by atoms with Gasteiger partial charge in [-0.25, -0.2) is 0 Å². The zero-order valence-corrected chi connectivity index (χ0v) is 17.0. The Kier molecular flexibility index (Phi) is 5.52. The Morgan fingerprint density at radius 3 is 1.40 bits per heavy atom. The van der Waals surface area contributed by atoms with E-state index in [1.165, 1.54) is 18.2 Å². The van der Waals surface area contributed by atoms with Crippen LogP contribution >= 0.6 is 0 Å². The number of rotatable bonds is 6. The number of aromatic nitrogens is 4. The number of hydrogen-bond donors (Lipinski definition) is 0. The molecule has 0 radical (unpaired) electrons. The Labute approximate surface area is 174 Å². The molecule has 0 unspecified atom stereocenters. The van der Waals surface area contributed by atoms with Crippen LogP contribution < -0.4 is 14.4 Å². The molecule has 30 heavy (non-hydrogen) atoms. The van der Waals surface area contributed by atoms with Crippen molar-refractivity contribution >= 4 is 17.1 Å². The van der Waals surface area contributed by atoms with Gasteiger partial charge in [0.25, 0.3) is 0 Å². The minimum absolute atomic E-state index is 0.0532. The molecule has 1 heterocycles. The Balaban J connectivity index is 1.63. The standard InChI is InChI=1S/C23H21N5O2/c1-16-4-8-18(9-5-16)28(19-10-6-17(2)7-11-19)20-12-14-21(15-13-20)30-23-26-24-22(29-3)25-27-23/h4-15H,1-3H3. The van der Waals surface area contributed by atoms with Gasteiger partial charge < -0.3 is 14.4 Å². The number of anilines is 3. The number of methoxy groups -OCH3 is 1. The second kappa shape index (κ2) is 8.57. The van der Waals surface area contributed by atoms with Gasteiger partial charge in [-0.05, 0) is 62.4 Å². The van der Waals surface area contributed by atoms with Gasteiger partial charge >= 0.3 is 12.0 Å². The molecule has 0 saturated heterocycles. The molecule has 150 valence electrons. The summed E-state index contributed by atoms with van der Waals surface area (Å²) in [6.45, 7) is 4.16. The van der Waals surface area contributed by atoms with Crippen molar-refractivity contribution in [3.63, 3.8) is 0 Å². The molecule has 4 aromatic rings. The number of benzene rings is 3. The first kappa shape index (κ1) is 19.3. The van der Waals surface area contributed by atoms with Crippen molar-refractivity contribution in [1.82, 2.24) is 20.4 Å². The SMILES string of the molecule is COc1nnc(Oc2ccc(N(c3ccc(C)cc3)c3ccc(C)cc3)cc2)nn1. The monoisotopic (exact) mass is 399 g/mol. The summed E-state index contributed by atoms with van der Waals surface area (Å²) in [6.07, 6.45) is 0. The molecule has 0 amide bonds. The zero-order valence-electron chi connectivity index (χ0n) is 17.0. The highest BCUT2D eigenvalue weighted by molar-refractivity contribution is 5.76. The van der Waals surface area contributed by atoms with Crippen LogP contribution in [0.5, 0.6) is 17.8 Å². The third kappa shape index (κ3) is 4.35. The highest BCUT2D eigenvalue weighted by Crippen LogP contribution is 2.35. The summed E-state index contributed by atoms with van der Waals surface area (Å²) in [7, 11) is 1.45. The molecular weight excluding hydrogens is 378 g/mol. The highest BCUT2D eigenvalue weighted by Gasteiger charge is 2.13. The molecule has 0 aliphatic carbocycles. The van der Waals surface area contributed by atoms with Gasteiger partial charge in [0.1, 0.15) is 5.75 Å². The van der Waals surface area contributed by atoms with Crippen molar-refractivity contribution in [3.05, 3.63) is 83.9 Å². The second-order valence-electron chi connectivity index (χ2n) is 6.77. The average molecular weight is 399 g/mol. The molecule has 0 N–H and O–H groups in total. The lowest BCUT2D eigenvalue weighted by molar-refractivity contribution is 0.346. The Hall–Kier alpha value is -4.00. The minimum atomic E-state index is 0.0532. The van der Waals surface area contributed by atoms with Crippen molar-refractivity contribution in [1.29, 1.82) is 0 Å². The van der Waals surface area contributed by atoms with Gasteiger partial charge in [0.15, 0.2) is 0 Å². The van der Waals surface area contributed by atoms with Crippen LogP contribution in [0.25, 0.3) is 0 Å². The summed E-state index contributed by atoms with van der Waals surface area (Å²) >= 11 is 0. The highest BCUT2D eigenvalue weighted by atomic mass is 16.5. The quantitative estimate of drug-likeness (QED) is 0.444. The van der Waals surface area contributed by atoms with Crippen LogP contribution in [0.1, 0.15) is 11.1 Å². The van der Waals surface area contributed by atoms with Crippen LogP contribution in [-0.2, 0) is 0 Å². The molecule has 0 spiro atoms. The number of ether oxygens (including phenoxy) is 2. The minimum Gasteiger partial charge on any atom is -0.465 e.